The first kappa shape index (κ1) is 16.8. The maximum Gasteiger partial charge on any atom is 0.307 e. The Bertz CT molecular complexity index is 756. The minimum Gasteiger partial charge on any atom is -0.481 e. The number of carboxylic acids is 2. The smallest absolute Gasteiger partial charge is 0.307 e. The fourth-order valence-electron chi connectivity index (χ4n) is 2.30. The fourth-order valence-corrected chi connectivity index (χ4v) is 2.47. The van der Waals surface area contributed by atoms with Crippen LogP contribution < -0.4 is 5.43 Å². The molecule has 1 aromatic heterocycles. The molecule has 0 amide bonds. The van der Waals surface area contributed by atoms with Crippen molar-refractivity contribution in [3.63, 3.8) is 0 Å². The first-order valence-electron chi connectivity index (χ1n) is 6.85. The molecular formula is C15H15ClN2O5. The van der Waals surface area contributed by atoms with E-state index in [-0.39, 0.29) is 19.3 Å². The predicted molar refractivity (Wildman–Crippen MR) is 84.4 cm³/mol. The van der Waals surface area contributed by atoms with Gasteiger partial charge in [-0.3, -0.25) is 14.3 Å². The number of carbonyl (C=O) groups is 3. The van der Waals surface area contributed by atoms with Crippen LogP contribution in [0.1, 0.15) is 18.4 Å². The van der Waals surface area contributed by atoms with Crippen molar-refractivity contribution in [2.45, 2.75) is 25.3 Å². The number of benzene rings is 1. The summed E-state index contributed by atoms with van der Waals surface area (Å²) in [5.74, 6) is -1.98. The van der Waals surface area contributed by atoms with Crippen LogP contribution in [0.2, 0.25) is 5.02 Å². The molecule has 1 aromatic carbocycles. The van der Waals surface area contributed by atoms with Gasteiger partial charge in [0.2, 0.25) is 0 Å². The third-order valence-corrected chi connectivity index (χ3v) is 3.56. The molecule has 122 valence electrons. The molecule has 7 nitrogen and oxygen atoms in total. The number of fused-ring (bicyclic) bond motifs is 1. The van der Waals surface area contributed by atoms with Crippen LogP contribution in [0.5, 0.6) is 0 Å². The summed E-state index contributed by atoms with van der Waals surface area (Å²) in [5.41, 5.74) is 4.10. The van der Waals surface area contributed by atoms with Crippen molar-refractivity contribution in [1.29, 1.82) is 0 Å². The molecule has 0 radical (unpaired) electrons. The van der Waals surface area contributed by atoms with E-state index < -0.39 is 18.0 Å². The number of aldehydes is 1. The lowest BCUT2D eigenvalue weighted by Crippen LogP contribution is -2.29. The Morgan fingerprint density at radius 2 is 2.04 bits per heavy atom. The molecule has 8 heteroatoms. The lowest BCUT2D eigenvalue weighted by Gasteiger charge is -2.15. The maximum absolute atomic E-state index is 11.1. The lowest BCUT2D eigenvalue weighted by molar-refractivity contribution is -0.137. The summed E-state index contributed by atoms with van der Waals surface area (Å²) in [6.07, 6.45) is 1.99. The maximum atomic E-state index is 11.1. The van der Waals surface area contributed by atoms with E-state index in [0.717, 1.165) is 0 Å². The molecule has 23 heavy (non-hydrogen) atoms. The average Bonchev–Trinajstić information content (AvgIpc) is 2.79. The van der Waals surface area contributed by atoms with Crippen molar-refractivity contribution < 1.29 is 24.6 Å². The van der Waals surface area contributed by atoms with E-state index in [9.17, 15) is 14.4 Å². The summed E-state index contributed by atoms with van der Waals surface area (Å²) in [6, 6.07) is 4.31. The zero-order valence-electron chi connectivity index (χ0n) is 12.0. The molecule has 3 N–H and O–H groups in total. The van der Waals surface area contributed by atoms with Crippen LogP contribution in [0.25, 0.3) is 10.9 Å². The van der Waals surface area contributed by atoms with Gasteiger partial charge >= 0.3 is 11.9 Å². The second-order valence-electron chi connectivity index (χ2n) is 5.06. The highest BCUT2D eigenvalue weighted by atomic mass is 35.5. The number of hydrogen-bond acceptors (Lipinski definition) is 4. The molecule has 0 unspecified atom stereocenters. The number of nitrogens with zero attached hydrogens (tertiary/aromatic N) is 1. The number of nitrogens with one attached hydrogen (secondary N) is 1. The van der Waals surface area contributed by atoms with Crippen molar-refractivity contribution in [2.75, 3.05) is 5.43 Å². The Morgan fingerprint density at radius 1 is 1.30 bits per heavy atom. The van der Waals surface area contributed by atoms with Crippen LogP contribution in [0.3, 0.4) is 0 Å². The van der Waals surface area contributed by atoms with Crippen molar-refractivity contribution in [2.24, 2.45) is 0 Å². The number of aromatic nitrogens is 1. The quantitative estimate of drug-likeness (QED) is 0.634. The monoisotopic (exact) mass is 338 g/mol. The van der Waals surface area contributed by atoms with Crippen LogP contribution in [0, 0.1) is 0 Å². The highest BCUT2D eigenvalue weighted by Gasteiger charge is 2.15. The first-order valence-corrected chi connectivity index (χ1v) is 7.23. The van der Waals surface area contributed by atoms with Gasteiger partial charge in [-0.05, 0) is 30.2 Å². The summed E-state index contributed by atoms with van der Waals surface area (Å²) in [7, 11) is 0. The molecule has 0 fully saturated rings. The molecular weight excluding hydrogens is 324 g/mol. The minimum absolute atomic E-state index is 0.125. The Hall–Kier alpha value is -2.54. The van der Waals surface area contributed by atoms with Gasteiger partial charge in [-0.25, -0.2) is 0 Å². The van der Waals surface area contributed by atoms with Gasteiger partial charge < -0.3 is 20.4 Å². The van der Waals surface area contributed by atoms with Gasteiger partial charge in [0.25, 0.3) is 0 Å². The fraction of sp³-hybridized carbons (Fsp3) is 0.267. The third kappa shape index (κ3) is 4.23. The van der Waals surface area contributed by atoms with Crippen LogP contribution in [0.15, 0.2) is 24.4 Å². The molecule has 0 spiro atoms. The number of hydrogen-bond donors (Lipinski definition) is 3. The molecule has 0 aliphatic rings. The van der Waals surface area contributed by atoms with Gasteiger partial charge in [0.15, 0.2) is 0 Å². The average molecular weight is 339 g/mol. The van der Waals surface area contributed by atoms with E-state index in [1.807, 2.05) is 0 Å². The van der Waals surface area contributed by atoms with E-state index >= 15 is 0 Å². The largest absolute Gasteiger partial charge is 0.481 e. The first-order chi connectivity index (χ1) is 10.9. The van der Waals surface area contributed by atoms with Crippen molar-refractivity contribution >= 4 is 40.7 Å². The predicted octanol–water partition coefficient (Wildman–Crippen LogP) is 1.90. The van der Waals surface area contributed by atoms with Crippen molar-refractivity contribution in [3.05, 3.63) is 35.0 Å². The van der Waals surface area contributed by atoms with Crippen molar-refractivity contribution in [1.82, 2.24) is 4.68 Å². The van der Waals surface area contributed by atoms with E-state index in [1.54, 1.807) is 24.4 Å². The molecule has 1 heterocycles. The summed E-state index contributed by atoms with van der Waals surface area (Å²) in [4.78, 5) is 32.7. The lowest BCUT2D eigenvalue weighted by atomic mass is 10.1. The number of rotatable bonds is 8. The summed E-state index contributed by atoms with van der Waals surface area (Å²) >= 11 is 5.96. The SMILES string of the molecule is O=C[C@H](CCC(=O)O)Nn1cc(CC(=O)O)c2cc(Cl)ccc21. The standard InChI is InChI=1S/C15H15ClN2O5/c16-10-1-3-13-12(6-10)9(5-15(22)23)7-18(13)17-11(8-19)2-4-14(20)21/h1,3,6-8,11,17H,2,4-5H2,(H,20,21)(H,22,23)/t11-/m0/s1. The van der Waals surface area contributed by atoms with E-state index in [2.05, 4.69) is 5.43 Å². The second-order valence-corrected chi connectivity index (χ2v) is 5.50. The van der Waals surface area contributed by atoms with Crippen LogP contribution in [-0.2, 0) is 20.8 Å². The van der Waals surface area contributed by atoms with Crippen LogP contribution in [-0.4, -0.2) is 39.2 Å². The van der Waals surface area contributed by atoms with Gasteiger partial charge in [0.1, 0.15) is 6.29 Å². The number of aliphatic carboxylic acids is 2. The van der Waals surface area contributed by atoms with Gasteiger partial charge in [-0.1, -0.05) is 11.6 Å². The number of carbonyl (C=O) groups excluding carboxylic acids is 1. The molecule has 2 rings (SSSR count). The Kier molecular flexibility index (Phi) is 5.23. The van der Waals surface area contributed by atoms with Gasteiger partial charge in [0, 0.05) is 23.0 Å². The minimum atomic E-state index is -0.991. The molecule has 0 saturated carbocycles. The highest BCUT2D eigenvalue weighted by Crippen LogP contribution is 2.25. The van der Waals surface area contributed by atoms with Crippen molar-refractivity contribution in [3.8, 4) is 0 Å². The van der Waals surface area contributed by atoms with Crippen LogP contribution in [0.4, 0.5) is 0 Å². The normalized spacial score (nSPS) is 12.0. The highest BCUT2D eigenvalue weighted by molar-refractivity contribution is 6.31. The molecule has 0 bridgehead atoms. The topological polar surface area (TPSA) is 109 Å². The summed E-state index contributed by atoms with van der Waals surface area (Å²) in [6.45, 7) is 0. The zero-order chi connectivity index (χ0) is 17.0. The molecule has 0 saturated heterocycles. The van der Waals surface area contributed by atoms with E-state index in [4.69, 9.17) is 21.8 Å². The number of halogens is 1. The molecule has 2 aromatic rings. The summed E-state index contributed by atoms with van der Waals surface area (Å²) in [5, 5.41) is 18.8. The molecule has 0 aliphatic carbocycles. The van der Waals surface area contributed by atoms with Crippen LogP contribution >= 0.6 is 11.6 Å². The zero-order valence-corrected chi connectivity index (χ0v) is 12.8. The number of carboxylic acid groups (broad SMARTS) is 2. The summed E-state index contributed by atoms with van der Waals surface area (Å²) < 4.78 is 1.53. The Balaban J connectivity index is 2.34. The van der Waals surface area contributed by atoms with E-state index in [1.165, 1.54) is 4.68 Å². The molecule has 0 aliphatic heterocycles. The Morgan fingerprint density at radius 3 is 2.65 bits per heavy atom. The third-order valence-electron chi connectivity index (χ3n) is 3.33. The molecule has 1 atom stereocenters. The Labute approximate surface area is 136 Å². The second kappa shape index (κ2) is 7.15. The van der Waals surface area contributed by atoms with Gasteiger partial charge in [-0.15, -0.1) is 0 Å². The van der Waals surface area contributed by atoms with E-state index in [0.29, 0.717) is 27.8 Å². The van der Waals surface area contributed by atoms with Gasteiger partial charge in [-0.2, -0.15) is 0 Å². The van der Waals surface area contributed by atoms with Gasteiger partial charge in [0.05, 0.1) is 18.0 Å².